The van der Waals surface area contributed by atoms with Crippen molar-refractivity contribution in [2.24, 2.45) is 17.4 Å². The van der Waals surface area contributed by atoms with Gasteiger partial charge in [0.05, 0.1) is 13.0 Å². The molecule has 2 atom stereocenters. The van der Waals surface area contributed by atoms with Gasteiger partial charge in [-0.3, -0.25) is 14.4 Å². The number of carboxylic acid groups (broad SMARTS) is 1. The number of nitrogens with one attached hydrogen (secondary N) is 2. The number of primary amides is 1. The lowest BCUT2D eigenvalue weighted by Gasteiger charge is -2.21. The van der Waals surface area contributed by atoms with E-state index in [1.165, 1.54) is 0 Å². The quantitative estimate of drug-likeness (QED) is 0.328. The third-order valence-corrected chi connectivity index (χ3v) is 2.56. The first-order chi connectivity index (χ1) is 9.67. The predicted octanol–water partition coefficient (Wildman–Crippen LogP) is -2.08. The SMILES string of the molecule is CC(C)C[C@@H](NC(=O)[C@H](CC(N)=O)NC(=O)CN)C(=O)O. The molecule has 7 N–H and O–H groups in total. The lowest BCUT2D eigenvalue weighted by molar-refractivity contribution is -0.142. The van der Waals surface area contributed by atoms with Gasteiger partial charge in [-0.2, -0.15) is 0 Å². The van der Waals surface area contributed by atoms with Crippen LogP contribution in [0.3, 0.4) is 0 Å². The molecule has 0 aromatic heterocycles. The van der Waals surface area contributed by atoms with Crippen molar-refractivity contribution in [1.29, 1.82) is 0 Å². The zero-order valence-corrected chi connectivity index (χ0v) is 12.1. The number of aliphatic carboxylic acids is 1. The van der Waals surface area contributed by atoms with Gasteiger partial charge in [0.1, 0.15) is 12.1 Å². The average Bonchev–Trinajstić information content (AvgIpc) is 2.35. The number of carbonyl (C=O) groups is 4. The molecule has 9 nitrogen and oxygen atoms in total. The molecule has 0 unspecified atom stereocenters. The van der Waals surface area contributed by atoms with Crippen molar-refractivity contribution in [3.63, 3.8) is 0 Å². The van der Waals surface area contributed by atoms with Crippen molar-refractivity contribution in [3.8, 4) is 0 Å². The van der Waals surface area contributed by atoms with Crippen LogP contribution >= 0.6 is 0 Å². The second-order valence-corrected chi connectivity index (χ2v) is 5.02. The number of nitrogens with two attached hydrogens (primary N) is 2. The summed E-state index contributed by atoms with van der Waals surface area (Å²) in [4.78, 5) is 45.2. The fourth-order valence-corrected chi connectivity index (χ4v) is 1.63. The molecule has 3 amide bonds. The van der Waals surface area contributed by atoms with Crippen LogP contribution in [0.2, 0.25) is 0 Å². The van der Waals surface area contributed by atoms with Gasteiger partial charge >= 0.3 is 5.97 Å². The molecule has 120 valence electrons. The maximum absolute atomic E-state index is 12.0. The molecule has 0 saturated carbocycles. The van der Waals surface area contributed by atoms with E-state index >= 15 is 0 Å². The Morgan fingerprint density at radius 3 is 2.05 bits per heavy atom. The lowest BCUT2D eigenvalue weighted by atomic mass is 10.0. The second-order valence-electron chi connectivity index (χ2n) is 5.02. The second kappa shape index (κ2) is 8.90. The van der Waals surface area contributed by atoms with E-state index in [9.17, 15) is 19.2 Å². The largest absolute Gasteiger partial charge is 0.480 e. The molecule has 0 spiro atoms. The molecule has 0 bridgehead atoms. The van der Waals surface area contributed by atoms with E-state index in [4.69, 9.17) is 16.6 Å². The summed E-state index contributed by atoms with van der Waals surface area (Å²) in [6.45, 7) is 3.25. The summed E-state index contributed by atoms with van der Waals surface area (Å²) in [7, 11) is 0. The first-order valence-electron chi connectivity index (χ1n) is 6.48. The van der Waals surface area contributed by atoms with Crippen molar-refractivity contribution < 1.29 is 24.3 Å². The van der Waals surface area contributed by atoms with Gasteiger partial charge in [-0.25, -0.2) is 4.79 Å². The van der Waals surface area contributed by atoms with E-state index in [0.717, 1.165) is 0 Å². The maximum Gasteiger partial charge on any atom is 0.326 e. The number of amides is 3. The molecule has 21 heavy (non-hydrogen) atoms. The highest BCUT2D eigenvalue weighted by molar-refractivity contribution is 5.93. The Kier molecular flexibility index (Phi) is 7.99. The molecule has 0 radical (unpaired) electrons. The first-order valence-corrected chi connectivity index (χ1v) is 6.48. The molecule has 0 heterocycles. The normalized spacial score (nSPS) is 13.3. The lowest BCUT2D eigenvalue weighted by Crippen LogP contribution is -2.53. The molecule has 0 fully saturated rings. The highest BCUT2D eigenvalue weighted by Crippen LogP contribution is 2.05. The summed E-state index contributed by atoms with van der Waals surface area (Å²) in [5.74, 6) is -3.39. The molecule has 0 aromatic carbocycles. The molecule has 0 aliphatic heterocycles. The molecule has 0 aliphatic carbocycles. The molecule has 0 aliphatic rings. The molecule has 0 rings (SSSR count). The van der Waals surface area contributed by atoms with Gasteiger partial charge in [0.15, 0.2) is 0 Å². The Morgan fingerprint density at radius 1 is 1.10 bits per heavy atom. The molecule has 0 saturated heterocycles. The van der Waals surface area contributed by atoms with Crippen LogP contribution < -0.4 is 22.1 Å². The zero-order chi connectivity index (χ0) is 16.6. The minimum atomic E-state index is -1.24. The van der Waals surface area contributed by atoms with E-state index in [-0.39, 0.29) is 18.9 Å². The standard InChI is InChI=1S/C12H22N4O5/c1-6(2)3-8(12(20)21)16-11(19)7(4-9(14)17)15-10(18)5-13/h6-8H,3-5,13H2,1-2H3,(H2,14,17)(H,15,18)(H,16,19)(H,20,21)/t7-,8+/m0/s1. The predicted molar refractivity (Wildman–Crippen MR) is 73.8 cm³/mol. The van der Waals surface area contributed by atoms with E-state index in [2.05, 4.69) is 10.6 Å². The van der Waals surface area contributed by atoms with Crippen molar-refractivity contribution >= 4 is 23.7 Å². The summed E-state index contributed by atoms with van der Waals surface area (Å²) in [5.41, 5.74) is 10.1. The number of carbonyl (C=O) groups excluding carboxylic acids is 3. The molecule has 9 heteroatoms. The van der Waals surface area contributed by atoms with E-state index in [0.29, 0.717) is 0 Å². The molecular weight excluding hydrogens is 280 g/mol. The average molecular weight is 302 g/mol. The first kappa shape index (κ1) is 18.8. The zero-order valence-electron chi connectivity index (χ0n) is 12.1. The summed E-state index contributed by atoms with van der Waals surface area (Å²) >= 11 is 0. The molecule has 0 aromatic rings. The third-order valence-electron chi connectivity index (χ3n) is 2.56. The highest BCUT2D eigenvalue weighted by Gasteiger charge is 2.27. The Labute approximate surface area is 122 Å². The number of hydrogen-bond donors (Lipinski definition) is 5. The highest BCUT2D eigenvalue weighted by atomic mass is 16.4. The van der Waals surface area contributed by atoms with Gasteiger partial charge in [-0.1, -0.05) is 13.8 Å². The van der Waals surface area contributed by atoms with Gasteiger partial charge in [0, 0.05) is 0 Å². The maximum atomic E-state index is 12.0. The Balaban J connectivity index is 4.87. The van der Waals surface area contributed by atoms with Gasteiger partial charge in [0.25, 0.3) is 0 Å². The topological polar surface area (TPSA) is 165 Å². The van der Waals surface area contributed by atoms with Crippen LogP contribution in [-0.2, 0) is 19.2 Å². The van der Waals surface area contributed by atoms with Crippen LogP contribution in [0, 0.1) is 5.92 Å². The number of rotatable bonds is 9. The fraction of sp³-hybridized carbons (Fsp3) is 0.667. The van der Waals surface area contributed by atoms with Crippen molar-refractivity contribution in [2.45, 2.75) is 38.8 Å². The Morgan fingerprint density at radius 2 is 1.67 bits per heavy atom. The molecular formula is C12H22N4O5. The fourth-order valence-electron chi connectivity index (χ4n) is 1.63. The van der Waals surface area contributed by atoms with Crippen LogP contribution in [0.1, 0.15) is 26.7 Å². The van der Waals surface area contributed by atoms with E-state index in [1.807, 2.05) is 0 Å². The van der Waals surface area contributed by atoms with E-state index < -0.39 is 42.2 Å². The Hall–Kier alpha value is -2.16. The van der Waals surface area contributed by atoms with Gasteiger partial charge < -0.3 is 27.2 Å². The van der Waals surface area contributed by atoms with Crippen molar-refractivity contribution in [2.75, 3.05) is 6.54 Å². The van der Waals surface area contributed by atoms with Gasteiger partial charge in [-0.05, 0) is 12.3 Å². The minimum absolute atomic E-state index is 0.0413. The Bertz CT molecular complexity index is 410. The third kappa shape index (κ3) is 7.88. The van der Waals surface area contributed by atoms with Crippen LogP contribution in [-0.4, -0.2) is 47.4 Å². The van der Waals surface area contributed by atoms with Gasteiger partial charge in [-0.15, -0.1) is 0 Å². The summed E-state index contributed by atoms with van der Waals surface area (Å²) in [5, 5.41) is 13.6. The summed E-state index contributed by atoms with van der Waals surface area (Å²) in [6.07, 6.45) is -0.221. The van der Waals surface area contributed by atoms with Crippen LogP contribution in [0.15, 0.2) is 0 Å². The van der Waals surface area contributed by atoms with E-state index in [1.54, 1.807) is 13.8 Å². The smallest absolute Gasteiger partial charge is 0.326 e. The van der Waals surface area contributed by atoms with Crippen LogP contribution in [0.5, 0.6) is 0 Å². The van der Waals surface area contributed by atoms with Crippen molar-refractivity contribution in [3.05, 3.63) is 0 Å². The number of carboxylic acids is 1. The van der Waals surface area contributed by atoms with Crippen LogP contribution in [0.25, 0.3) is 0 Å². The van der Waals surface area contributed by atoms with Gasteiger partial charge in [0.2, 0.25) is 17.7 Å². The number of hydrogen-bond acceptors (Lipinski definition) is 5. The van der Waals surface area contributed by atoms with Crippen LogP contribution in [0.4, 0.5) is 0 Å². The van der Waals surface area contributed by atoms with Crippen molar-refractivity contribution in [1.82, 2.24) is 10.6 Å². The monoisotopic (exact) mass is 302 g/mol. The summed E-state index contributed by atoms with van der Waals surface area (Å²) < 4.78 is 0. The summed E-state index contributed by atoms with van der Waals surface area (Å²) in [6, 6.07) is -2.35. The minimum Gasteiger partial charge on any atom is -0.480 e.